The molecule has 0 aliphatic rings. The molecule has 1 atom stereocenters. The number of amides is 1. The first-order valence-corrected chi connectivity index (χ1v) is 13.2. The van der Waals surface area contributed by atoms with Crippen molar-refractivity contribution >= 4 is 52.8 Å². The average Bonchev–Trinajstić information content (AvgIpc) is 2.86. The molecule has 0 spiro atoms. The van der Waals surface area contributed by atoms with Crippen molar-refractivity contribution in [1.29, 1.82) is 0 Å². The predicted octanol–water partition coefficient (Wildman–Crippen LogP) is 8.07. The Hall–Kier alpha value is -2.01. The highest BCUT2D eigenvalue weighted by atomic mass is 35.5. The number of benzene rings is 2. The fraction of sp³-hybridized carbons (Fsp3) is 0.429. The van der Waals surface area contributed by atoms with Crippen molar-refractivity contribution in [2.24, 2.45) is 0 Å². The van der Waals surface area contributed by atoms with E-state index in [2.05, 4.69) is 10.1 Å². The van der Waals surface area contributed by atoms with Gasteiger partial charge in [0.2, 0.25) is 10.2 Å². The lowest BCUT2D eigenvalue weighted by atomic mass is 9.99. The number of carbonyl (C=O) groups is 2. The van der Waals surface area contributed by atoms with Crippen LogP contribution in [0, 0.1) is 0 Å². The molecular weight excluding hydrogens is 505 g/mol. The molecule has 0 aliphatic carbocycles. The zero-order valence-corrected chi connectivity index (χ0v) is 22.4. The molecule has 35 heavy (non-hydrogen) atoms. The van der Waals surface area contributed by atoms with Crippen molar-refractivity contribution in [3.05, 3.63) is 76.8 Å². The maximum absolute atomic E-state index is 12.6. The van der Waals surface area contributed by atoms with Crippen molar-refractivity contribution < 1.29 is 14.3 Å². The summed E-state index contributed by atoms with van der Waals surface area (Å²) in [5, 5.41) is 3.81. The lowest BCUT2D eigenvalue weighted by molar-refractivity contribution is -0.141. The first-order chi connectivity index (χ1) is 16.8. The van der Waals surface area contributed by atoms with Crippen molar-refractivity contribution in [3.8, 4) is 0 Å². The summed E-state index contributed by atoms with van der Waals surface area (Å²) in [5.74, 6) is -0.714. The van der Waals surface area contributed by atoms with Crippen LogP contribution < -0.4 is 5.32 Å². The third-order valence-electron chi connectivity index (χ3n) is 5.78. The number of hydrogen-bond acceptors (Lipinski definition) is 3. The molecule has 1 N–H and O–H groups in total. The monoisotopic (exact) mass is 537 g/mol. The molecule has 0 aromatic heterocycles. The molecule has 2 aromatic carbocycles. The zero-order chi connectivity index (χ0) is 25.5. The number of ether oxygens (including phenoxy) is 1. The van der Waals surface area contributed by atoms with E-state index in [-0.39, 0.29) is 11.9 Å². The standard InChI is InChI=1S/C28H34Cl3NO3/c1-35-27(34)28(30,31)21-11-6-4-2-3-5-10-14-25(23-16-18-24(29)19-17-23)32-26(33)20-15-22-12-8-7-9-13-22/h7-9,12-13,15-20,25H,2-6,10-11,14,21H2,1H3,(H,32,33)/b20-15+. The highest BCUT2D eigenvalue weighted by Crippen LogP contribution is 2.29. The van der Waals surface area contributed by atoms with Gasteiger partial charge in [0.25, 0.3) is 0 Å². The smallest absolute Gasteiger partial charge is 0.342 e. The molecule has 4 nitrogen and oxygen atoms in total. The molecule has 1 amide bonds. The summed E-state index contributed by atoms with van der Waals surface area (Å²) in [6, 6.07) is 17.3. The molecule has 190 valence electrons. The van der Waals surface area contributed by atoms with E-state index in [0.29, 0.717) is 11.4 Å². The van der Waals surface area contributed by atoms with E-state index >= 15 is 0 Å². The highest BCUT2D eigenvalue weighted by molar-refractivity contribution is 6.57. The number of esters is 1. The van der Waals surface area contributed by atoms with Crippen molar-refractivity contribution in [2.75, 3.05) is 7.11 Å². The summed E-state index contributed by atoms with van der Waals surface area (Å²) in [4.78, 5) is 24.1. The number of nitrogens with one attached hydrogen (secondary N) is 1. The van der Waals surface area contributed by atoms with Crippen LogP contribution in [-0.4, -0.2) is 23.3 Å². The SMILES string of the molecule is COC(=O)C(Cl)(Cl)CCCCCCCCCC(NC(=O)/C=C/c1ccccc1)c1ccc(Cl)cc1. The Bertz CT molecular complexity index is 930. The molecule has 0 fully saturated rings. The number of halogens is 3. The second-order valence-electron chi connectivity index (χ2n) is 8.57. The summed E-state index contributed by atoms with van der Waals surface area (Å²) < 4.78 is 3.16. The summed E-state index contributed by atoms with van der Waals surface area (Å²) >= 11 is 18.0. The van der Waals surface area contributed by atoms with Gasteiger partial charge >= 0.3 is 5.97 Å². The van der Waals surface area contributed by atoms with Crippen molar-refractivity contribution in [1.82, 2.24) is 5.32 Å². The minimum absolute atomic E-state index is 0.0703. The zero-order valence-electron chi connectivity index (χ0n) is 20.2. The molecule has 2 rings (SSSR count). The number of methoxy groups -OCH3 is 1. The van der Waals surface area contributed by atoms with Crippen LogP contribution in [0.15, 0.2) is 60.7 Å². The molecule has 1 unspecified atom stereocenters. The third-order valence-corrected chi connectivity index (χ3v) is 6.72. The molecular formula is C28H34Cl3NO3. The largest absolute Gasteiger partial charge is 0.467 e. The summed E-state index contributed by atoms with van der Waals surface area (Å²) in [6.45, 7) is 0. The fourth-order valence-corrected chi connectivity index (χ4v) is 4.35. The maximum Gasteiger partial charge on any atom is 0.342 e. The molecule has 0 saturated heterocycles. The second kappa shape index (κ2) is 15.9. The topological polar surface area (TPSA) is 55.4 Å². The van der Waals surface area contributed by atoms with Gasteiger partial charge in [-0.2, -0.15) is 0 Å². The molecule has 0 heterocycles. The van der Waals surface area contributed by atoms with Crippen LogP contribution in [0.4, 0.5) is 0 Å². The average molecular weight is 539 g/mol. The lowest BCUT2D eigenvalue weighted by Gasteiger charge is -2.19. The van der Waals surface area contributed by atoms with E-state index in [1.54, 1.807) is 6.08 Å². The minimum Gasteiger partial charge on any atom is -0.467 e. The highest BCUT2D eigenvalue weighted by Gasteiger charge is 2.33. The molecule has 7 heteroatoms. The van der Waals surface area contributed by atoms with Crippen molar-refractivity contribution in [2.45, 2.75) is 68.2 Å². The number of rotatable bonds is 15. The van der Waals surface area contributed by atoms with E-state index in [1.165, 1.54) is 7.11 Å². The Balaban J connectivity index is 1.74. The van der Waals surface area contributed by atoms with Crippen molar-refractivity contribution in [3.63, 3.8) is 0 Å². The van der Waals surface area contributed by atoms with Crippen LogP contribution in [0.2, 0.25) is 5.02 Å². The van der Waals surface area contributed by atoms with Gasteiger partial charge in [0.15, 0.2) is 0 Å². The van der Waals surface area contributed by atoms with Gasteiger partial charge in [-0.25, -0.2) is 4.79 Å². The van der Waals surface area contributed by atoms with Crippen LogP contribution >= 0.6 is 34.8 Å². The first kappa shape index (κ1) is 29.2. The molecule has 0 radical (unpaired) electrons. The van der Waals surface area contributed by atoms with E-state index in [4.69, 9.17) is 34.8 Å². The summed E-state index contributed by atoms with van der Waals surface area (Å²) in [7, 11) is 1.28. The van der Waals surface area contributed by atoms with Gasteiger partial charge in [-0.1, -0.05) is 116 Å². The van der Waals surface area contributed by atoms with Gasteiger partial charge in [-0.3, -0.25) is 4.79 Å². The number of hydrogen-bond donors (Lipinski definition) is 1. The van der Waals surface area contributed by atoms with Gasteiger partial charge in [0.1, 0.15) is 0 Å². The van der Waals surface area contributed by atoms with Crippen LogP contribution in [0.1, 0.15) is 75.0 Å². The van der Waals surface area contributed by atoms with Crippen LogP contribution in [-0.2, 0) is 14.3 Å². The van der Waals surface area contributed by atoms with E-state index in [0.717, 1.165) is 62.5 Å². The molecule has 0 bridgehead atoms. The van der Waals surface area contributed by atoms with E-state index in [9.17, 15) is 9.59 Å². The Labute approximate surface area is 224 Å². The lowest BCUT2D eigenvalue weighted by Crippen LogP contribution is -2.27. The van der Waals surface area contributed by atoms with Crippen LogP contribution in [0.25, 0.3) is 6.08 Å². The first-order valence-electron chi connectivity index (χ1n) is 12.1. The Kier molecular flexibility index (Phi) is 13.3. The summed E-state index contributed by atoms with van der Waals surface area (Å²) in [5.41, 5.74) is 2.03. The second-order valence-corrected chi connectivity index (χ2v) is 10.5. The molecule has 0 aliphatic heterocycles. The minimum atomic E-state index is -1.45. The Morgan fingerprint density at radius 3 is 2.14 bits per heavy atom. The maximum atomic E-state index is 12.6. The van der Waals surface area contributed by atoms with Gasteiger partial charge in [0.05, 0.1) is 13.2 Å². The number of unbranched alkanes of at least 4 members (excludes halogenated alkanes) is 6. The van der Waals surface area contributed by atoms with Gasteiger partial charge < -0.3 is 10.1 Å². The Morgan fingerprint density at radius 1 is 0.914 bits per heavy atom. The summed E-state index contributed by atoms with van der Waals surface area (Å²) in [6.07, 6.45) is 11.8. The molecule has 2 aromatic rings. The predicted molar refractivity (Wildman–Crippen MR) is 146 cm³/mol. The van der Waals surface area contributed by atoms with E-state index in [1.807, 2.05) is 60.7 Å². The van der Waals surface area contributed by atoms with Crippen LogP contribution in [0.5, 0.6) is 0 Å². The third kappa shape index (κ3) is 11.5. The van der Waals surface area contributed by atoms with Crippen LogP contribution in [0.3, 0.4) is 0 Å². The molecule has 0 saturated carbocycles. The number of carbonyl (C=O) groups excluding carboxylic acids is 2. The fourth-order valence-electron chi connectivity index (χ4n) is 3.80. The van der Waals surface area contributed by atoms with Gasteiger partial charge in [-0.15, -0.1) is 0 Å². The van der Waals surface area contributed by atoms with Gasteiger partial charge in [-0.05, 0) is 48.6 Å². The number of alkyl halides is 2. The van der Waals surface area contributed by atoms with E-state index < -0.39 is 10.3 Å². The Morgan fingerprint density at radius 2 is 1.51 bits per heavy atom. The normalized spacial score (nSPS) is 12.5. The van der Waals surface area contributed by atoms with Gasteiger partial charge in [0, 0.05) is 11.1 Å². The quantitative estimate of drug-likeness (QED) is 0.108.